The zero-order valence-electron chi connectivity index (χ0n) is 12.0. The maximum Gasteiger partial charge on any atom is 0.175 e. The van der Waals surface area contributed by atoms with Gasteiger partial charge in [0.05, 0.1) is 4.90 Å². The Morgan fingerprint density at radius 3 is 2.32 bits per heavy atom. The Labute approximate surface area is 116 Å². The number of anilines is 1. The molecule has 3 nitrogen and oxygen atoms in total. The summed E-state index contributed by atoms with van der Waals surface area (Å²) in [4.78, 5) is 2.77. The standard InChI is InChI=1S/C15H23NO2S/c1-12-8-9-16(11-13(2)10-12)14-4-6-15(7-5-14)19(3,17)18/h4-7,12-13H,8-11H2,1-3H3. The highest BCUT2D eigenvalue weighted by molar-refractivity contribution is 7.90. The fourth-order valence-electron chi connectivity index (χ4n) is 2.86. The Morgan fingerprint density at radius 2 is 1.74 bits per heavy atom. The molecule has 0 spiro atoms. The molecule has 19 heavy (non-hydrogen) atoms. The lowest BCUT2D eigenvalue weighted by Gasteiger charge is -2.25. The molecule has 1 fully saturated rings. The molecule has 4 heteroatoms. The molecular formula is C15H23NO2S. The minimum atomic E-state index is -3.10. The molecule has 1 aromatic carbocycles. The maximum atomic E-state index is 11.5. The van der Waals surface area contributed by atoms with E-state index >= 15 is 0 Å². The Hall–Kier alpha value is -1.03. The van der Waals surface area contributed by atoms with Gasteiger partial charge >= 0.3 is 0 Å². The van der Waals surface area contributed by atoms with Crippen LogP contribution in [0.3, 0.4) is 0 Å². The van der Waals surface area contributed by atoms with E-state index in [-0.39, 0.29) is 0 Å². The zero-order valence-corrected chi connectivity index (χ0v) is 12.8. The first kappa shape index (κ1) is 14.4. The van der Waals surface area contributed by atoms with Crippen molar-refractivity contribution in [3.8, 4) is 0 Å². The quantitative estimate of drug-likeness (QED) is 0.836. The van der Waals surface area contributed by atoms with E-state index < -0.39 is 9.84 Å². The van der Waals surface area contributed by atoms with Gasteiger partial charge in [-0.3, -0.25) is 0 Å². The van der Waals surface area contributed by atoms with E-state index in [1.165, 1.54) is 19.1 Å². The molecule has 0 radical (unpaired) electrons. The van der Waals surface area contributed by atoms with Gasteiger partial charge in [-0.1, -0.05) is 13.8 Å². The summed E-state index contributed by atoms with van der Waals surface area (Å²) in [6.45, 7) is 6.72. The number of sulfone groups is 1. The highest BCUT2D eigenvalue weighted by atomic mass is 32.2. The third-order valence-corrected chi connectivity index (χ3v) is 4.99. The Kier molecular flexibility index (Phi) is 4.19. The van der Waals surface area contributed by atoms with Gasteiger partial charge in [-0.25, -0.2) is 8.42 Å². The molecule has 1 aliphatic rings. The average molecular weight is 281 g/mol. The lowest BCUT2D eigenvalue weighted by molar-refractivity contribution is 0.442. The van der Waals surface area contributed by atoms with Crippen LogP contribution in [0.15, 0.2) is 29.2 Å². The van der Waals surface area contributed by atoms with E-state index in [4.69, 9.17) is 0 Å². The second-order valence-corrected chi connectivity index (χ2v) is 7.96. The molecule has 2 unspecified atom stereocenters. The van der Waals surface area contributed by atoms with E-state index in [9.17, 15) is 8.42 Å². The van der Waals surface area contributed by atoms with Crippen molar-refractivity contribution >= 4 is 15.5 Å². The monoisotopic (exact) mass is 281 g/mol. The second kappa shape index (κ2) is 5.53. The van der Waals surface area contributed by atoms with Gasteiger partial charge in [-0.2, -0.15) is 0 Å². The van der Waals surface area contributed by atoms with Crippen molar-refractivity contribution in [3.63, 3.8) is 0 Å². The number of nitrogens with zero attached hydrogens (tertiary/aromatic N) is 1. The second-order valence-electron chi connectivity index (χ2n) is 5.95. The topological polar surface area (TPSA) is 37.4 Å². The minimum absolute atomic E-state index is 0.396. The lowest BCUT2D eigenvalue weighted by atomic mass is 9.97. The molecule has 2 rings (SSSR count). The number of hydrogen-bond acceptors (Lipinski definition) is 3. The van der Waals surface area contributed by atoms with Crippen LogP contribution < -0.4 is 4.90 Å². The maximum absolute atomic E-state index is 11.5. The van der Waals surface area contributed by atoms with Crippen LogP contribution >= 0.6 is 0 Å². The van der Waals surface area contributed by atoms with Crippen LogP contribution in [0.4, 0.5) is 5.69 Å². The zero-order chi connectivity index (χ0) is 14.0. The minimum Gasteiger partial charge on any atom is -0.371 e. The molecule has 1 saturated heterocycles. The van der Waals surface area contributed by atoms with Crippen molar-refractivity contribution in [2.24, 2.45) is 11.8 Å². The number of rotatable bonds is 2. The van der Waals surface area contributed by atoms with E-state index in [2.05, 4.69) is 18.7 Å². The molecule has 106 valence electrons. The molecule has 0 bridgehead atoms. The van der Waals surface area contributed by atoms with Gasteiger partial charge in [0.15, 0.2) is 9.84 Å². The highest BCUT2D eigenvalue weighted by Crippen LogP contribution is 2.26. The van der Waals surface area contributed by atoms with Gasteiger partial charge in [0, 0.05) is 25.0 Å². The molecule has 0 amide bonds. The van der Waals surface area contributed by atoms with Gasteiger partial charge in [0.2, 0.25) is 0 Å². The third kappa shape index (κ3) is 3.72. The van der Waals surface area contributed by atoms with E-state index in [0.717, 1.165) is 24.7 Å². The first-order chi connectivity index (χ1) is 8.86. The molecule has 0 N–H and O–H groups in total. The molecule has 0 saturated carbocycles. The summed E-state index contributed by atoms with van der Waals surface area (Å²) >= 11 is 0. The summed E-state index contributed by atoms with van der Waals surface area (Å²) in [5.74, 6) is 1.46. The molecule has 1 aliphatic heterocycles. The van der Waals surface area contributed by atoms with Gasteiger partial charge in [-0.15, -0.1) is 0 Å². The smallest absolute Gasteiger partial charge is 0.175 e. The number of benzene rings is 1. The molecule has 1 heterocycles. The van der Waals surface area contributed by atoms with Crippen molar-refractivity contribution in [3.05, 3.63) is 24.3 Å². The fourth-order valence-corrected chi connectivity index (χ4v) is 3.49. The lowest BCUT2D eigenvalue weighted by Crippen LogP contribution is -2.27. The predicted octanol–water partition coefficient (Wildman–Crippen LogP) is 2.96. The van der Waals surface area contributed by atoms with E-state index in [1.807, 2.05) is 12.1 Å². The summed E-state index contributed by atoms with van der Waals surface area (Å²) in [5, 5.41) is 0. The van der Waals surface area contributed by atoms with Crippen molar-refractivity contribution < 1.29 is 8.42 Å². The van der Waals surface area contributed by atoms with Crippen LogP contribution in [0.2, 0.25) is 0 Å². The Bertz CT molecular complexity index is 522. The van der Waals surface area contributed by atoms with Gasteiger partial charge < -0.3 is 4.90 Å². The molecule has 0 aromatic heterocycles. The average Bonchev–Trinajstić information content (AvgIpc) is 2.49. The Morgan fingerprint density at radius 1 is 1.11 bits per heavy atom. The van der Waals surface area contributed by atoms with Crippen LogP contribution in [0.5, 0.6) is 0 Å². The first-order valence-electron chi connectivity index (χ1n) is 6.91. The SMILES string of the molecule is CC1CCN(c2ccc(S(C)(=O)=O)cc2)CC(C)C1. The summed E-state index contributed by atoms with van der Waals surface area (Å²) in [6, 6.07) is 7.28. The van der Waals surface area contributed by atoms with E-state index in [0.29, 0.717) is 10.8 Å². The van der Waals surface area contributed by atoms with Crippen LogP contribution in [0.25, 0.3) is 0 Å². The van der Waals surface area contributed by atoms with E-state index in [1.54, 1.807) is 12.1 Å². The van der Waals surface area contributed by atoms with Crippen LogP contribution in [0.1, 0.15) is 26.7 Å². The molecular weight excluding hydrogens is 258 g/mol. The van der Waals surface area contributed by atoms with Crippen LogP contribution in [-0.4, -0.2) is 27.8 Å². The van der Waals surface area contributed by atoms with Crippen LogP contribution in [-0.2, 0) is 9.84 Å². The van der Waals surface area contributed by atoms with Gasteiger partial charge in [0.25, 0.3) is 0 Å². The summed E-state index contributed by atoms with van der Waals surface area (Å²) in [6.07, 6.45) is 3.73. The normalized spacial score (nSPS) is 25.1. The fraction of sp³-hybridized carbons (Fsp3) is 0.600. The first-order valence-corrected chi connectivity index (χ1v) is 8.80. The third-order valence-electron chi connectivity index (χ3n) is 3.86. The predicted molar refractivity (Wildman–Crippen MR) is 79.3 cm³/mol. The summed E-state index contributed by atoms with van der Waals surface area (Å²) < 4.78 is 22.9. The highest BCUT2D eigenvalue weighted by Gasteiger charge is 2.19. The molecule has 0 aliphatic carbocycles. The largest absolute Gasteiger partial charge is 0.371 e. The molecule has 2 atom stereocenters. The van der Waals surface area contributed by atoms with Gasteiger partial charge in [0.1, 0.15) is 0 Å². The summed E-state index contributed by atoms with van der Waals surface area (Å²) in [7, 11) is -3.10. The number of hydrogen-bond donors (Lipinski definition) is 0. The molecule has 1 aromatic rings. The van der Waals surface area contributed by atoms with Crippen LogP contribution in [0, 0.1) is 11.8 Å². The van der Waals surface area contributed by atoms with Gasteiger partial charge in [-0.05, 0) is 48.9 Å². The Balaban J connectivity index is 2.17. The van der Waals surface area contributed by atoms with Crippen molar-refractivity contribution in [1.29, 1.82) is 0 Å². The van der Waals surface area contributed by atoms with Crippen molar-refractivity contribution in [1.82, 2.24) is 0 Å². The summed E-state index contributed by atoms with van der Waals surface area (Å²) in [5.41, 5.74) is 1.13. The van der Waals surface area contributed by atoms with Crippen molar-refractivity contribution in [2.75, 3.05) is 24.2 Å². The van der Waals surface area contributed by atoms with Crippen molar-refractivity contribution in [2.45, 2.75) is 31.6 Å².